The first kappa shape index (κ1) is 17.0. The summed E-state index contributed by atoms with van der Waals surface area (Å²) in [6.07, 6.45) is 3.08. The molecule has 0 saturated heterocycles. The molecule has 0 aliphatic heterocycles. The normalized spacial score (nSPS) is 11.2. The number of rotatable bonds is 3. The molecular formula is C21H14F4. The molecule has 0 saturated carbocycles. The maximum atomic E-state index is 14.0. The molecular weight excluding hydrogens is 328 g/mol. The van der Waals surface area contributed by atoms with E-state index in [4.69, 9.17) is 0 Å². The van der Waals surface area contributed by atoms with E-state index in [1.807, 2.05) is 0 Å². The van der Waals surface area contributed by atoms with E-state index in [-0.39, 0.29) is 16.7 Å². The molecule has 0 bridgehead atoms. The molecule has 0 nitrogen and oxygen atoms in total. The van der Waals surface area contributed by atoms with Crippen LogP contribution in [0.2, 0.25) is 0 Å². The van der Waals surface area contributed by atoms with Crippen molar-refractivity contribution in [3.8, 4) is 11.1 Å². The molecule has 0 unspecified atom stereocenters. The zero-order valence-corrected chi connectivity index (χ0v) is 13.4. The third-order valence-electron chi connectivity index (χ3n) is 3.93. The Kier molecular flexibility index (Phi) is 4.70. The van der Waals surface area contributed by atoms with Gasteiger partial charge in [0.1, 0.15) is 0 Å². The van der Waals surface area contributed by atoms with Crippen LogP contribution in [-0.2, 0) is 0 Å². The molecule has 0 aromatic heterocycles. The van der Waals surface area contributed by atoms with Crippen molar-refractivity contribution in [1.82, 2.24) is 0 Å². The van der Waals surface area contributed by atoms with Crippen LogP contribution in [0.4, 0.5) is 17.6 Å². The molecule has 3 rings (SSSR count). The SMILES string of the molecule is Cc1ccc(-c2ccc(C=Cc3cccc(F)c3F)cc2)c(F)c1F. The van der Waals surface area contributed by atoms with Crippen molar-refractivity contribution in [2.75, 3.05) is 0 Å². The van der Waals surface area contributed by atoms with Crippen molar-refractivity contribution in [3.05, 3.63) is 94.6 Å². The lowest BCUT2D eigenvalue weighted by Gasteiger charge is -2.06. The van der Waals surface area contributed by atoms with Gasteiger partial charge in [0.2, 0.25) is 0 Å². The maximum absolute atomic E-state index is 14.0. The van der Waals surface area contributed by atoms with Gasteiger partial charge in [0, 0.05) is 11.1 Å². The fourth-order valence-electron chi connectivity index (χ4n) is 2.48. The average molecular weight is 342 g/mol. The van der Waals surface area contributed by atoms with Crippen LogP contribution in [-0.4, -0.2) is 0 Å². The first-order valence-corrected chi connectivity index (χ1v) is 7.64. The van der Waals surface area contributed by atoms with Gasteiger partial charge >= 0.3 is 0 Å². The first-order chi connectivity index (χ1) is 12.0. The van der Waals surface area contributed by atoms with Gasteiger partial charge in [-0.1, -0.05) is 60.7 Å². The highest BCUT2D eigenvalue weighted by atomic mass is 19.2. The molecule has 0 atom stereocenters. The third-order valence-corrected chi connectivity index (χ3v) is 3.93. The molecule has 0 fully saturated rings. The van der Waals surface area contributed by atoms with E-state index in [1.165, 1.54) is 37.3 Å². The minimum Gasteiger partial charge on any atom is -0.204 e. The molecule has 0 amide bonds. The number of benzene rings is 3. The van der Waals surface area contributed by atoms with E-state index in [2.05, 4.69) is 0 Å². The number of aryl methyl sites for hydroxylation is 1. The molecule has 4 heteroatoms. The van der Waals surface area contributed by atoms with E-state index in [0.717, 1.165) is 11.6 Å². The molecule has 0 heterocycles. The zero-order chi connectivity index (χ0) is 18.0. The summed E-state index contributed by atoms with van der Waals surface area (Å²) in [5, 5.41) is 0. The Morgan fingerprint density at radius 3 is 2.12 bits per heavy atom. The summed E-state index contributed by atoms with van der Waals surface area (Å²) in [6, 6.07) is 13.7. The minimum absolute atomic E-state index is 0.135. The molecule has 0 spiro atoms. The monoisotopic (exact) mass is 342 g/mol. The van der Waals surface area contributed by atoms with E-state index < -0.39 is 23.3 Å². The van der Waals surface area contributed by atoms with Crippen LogP contribution in [0.5, 0.6) is 0 Å². The van der Waals surface area contributed by atoms with Crippen molar-refractivity contribution in [1.29, 1.82) is 0 Å². The molecule has 0 N–H and O–H groups in total. The van der Waals surface area contributed by atoms with Crippen LogP contribution in [0, 0.1) is 30.2 Å². The van der Waals surface area contributed by atoms with E-state index >= 15 is 0 Å². The Hall–Kier alpha value is -2.88. The third kappa shape index (κ3) is 3.48. The maximum Gasteiger partial charge on any atom is 0.166 e. The van der Waals surface area contributed by atoms with Crippen LogP contribution in [0.1, 0.15) is 16.7 Å². The van der Waals surface area contributed by atoms with Crippen molar-refractivity contribution < 1.29 is 17.6 Å². The van der Waals surface area contributed by atoms with Crippen LogP contribution in [0.15, 0.2) is 54.6 Å². The lowest BCUT2D eigenvalue weighted by atomic mass is 10.0. The van der Waals surface area contributed by atoms with Crippen molar-refractivity contribution >= 4 is 12.2 Å². The second-order valence-corrected chi connectivity index (χ2v) is 5.66. The molecule has 3 aromatic rings. The topological polar surface area (TPSA) is 0 Å². The van der Waals surface area contributed by atoms with Gasteiger partial charge in [0.05, 0.1) is 0 Å². The lowest BCUT2D eigenvalue weighted by molar-refractivity contribution is 0.505. The molecule has 3 aromatic carbocycles. The Morgan fingerprint density at radius 2 is 1.40 bits per heavy atom. The highest BCUT2D eigenvalue weighted by Gasteiger charge is 2.12. The summed E-state index contributed by atoms with van der Waals surface area (Å²) in [5.41, 5.74) is 1.81. The van der Waals surface area contributed by atoms with Gasteiger partial charge in [0.15, 0.2) is 23.3 Å². The number of hydrogen-bond donors (Lipinski definition) is 0. The fourth-order valence-corrected chi connectivity index (χ4v) is 2.48. The largest absolute Gasteiger partial charge is 0.204 e. The summed E-state index contributed by atoms with van der Waals surface area (Å²) in [6.45, 7) is 1.50. The van der Waals surface area contributed by atoms with Gasteiger partial charge in [-0.15, -0.1) is 0 Å². The fraction of sp³-hybridized carbons (Fsp3) is 0.0476. The van der Waals surface area contributed by atoms with Crippen LogP contribution >= 0.6 is 0 Å². The summed E-state index contributed by atoms with van der Waals surface area (Å²) in [4.78, 5) is 0. The predicted octanol–water partition coefficient (Wildman–Crippen LogP) is 6.39. The van der Waals surface area contributed by atoms with Crippen LogP contribution in [0.3, 0.4) is 0 Å². The molecule has 0 radical (unpaired) electrons. The van der Waals surface area contributed by atoms with E-state index in [9.17, 15) is 17.6 Å². The minimum atomic E-state index is -0.910. The lowest BCUT2D eigenvalue weighted by Crippen LogP contribution is -1.93. The van der Waals surface area contributed by atoms with Gasteiger partial charge in [-0.2, -0.15) is 0 Å². The van der Waals surface area contributed by atoms with Crippen molar-refractivity contribution in [3.63, 3.8) is 0 Å². The Balaban J connectivity index is 1.87. The van der Waals surface area contributed by atoms with E-state index in [0.29, 0.717) is 5.56 Å². The average Bonchev–Trinajstić information content (AvgIpc) is 2.62. The Labute approximate surface area is 143 Å². The highest BCUT2D eigenvalue weighted by Crippen LogP contribution is 2.27. The van der Waals surface area contributed by atoms with Crippen LogP contribution in [0.25, 0.3) is 23.3 Å². The molecule has 0 aliphatic carbocycles. The molecule has 126 valence electrons. The Bertz CT molecular complexity index is 941. The number of halogens is 4. The first-order valence-electron chi connectivity index (χ1n) is 7.64. The second kappa shape index (κ2) is 6.93. The van der Waals surface area contributed by atoms with E-state index in [1.54, 1.807) is 30.3 Å². The van der Waals surface area contributed by atoms with Gasteiger partial charge in [0.25, 0.3) is 0 Å². The number of hydrogen-bond acceptors (Lipinski definition) is 0. The highest BCUT2D eigenvalue weighted by molar-refractivity contribution is 5.72. The van der Waals surface area contributed by atoms with Crippen LogP contribution < -0.4 is 0 Å². The molecule has 25 heavy (non-hydrogen) atoms. The second-order valence-electron chi connectivity index (χ2n) is 5.66. The van der Waals surface area contributed by atoms with Gasteiger partial charge < -0.3 is 0 Å². The smallest absolute Gasteiger partial charge is 0.166 e. The van der Waals surface area contributed by atoms with Crippen molar-refractivity contribution in [2.45, 2.75) is 6.92 Å². The van der Waals surface area contributed by atoms with Gasteiger partial charge in [-0.25, -0.2) is 17.6 Å². The summed E-state index contributed by atoms with van der Waals surface area (Å²) in [5.74, 6) is -3.56. The summed E-state index contributed by atoms with van der Waals surface area (Å²) >= 11 is 0. The quantitative estimate of drug-likeness (QED) is 0.382. The summed E-state index contributed by atoms with van der Waals surface area (Å²) < 4.78 is 54.5. The molecule has 0 aliphatic rings. The van der Waals surface area contributed by atoms with Gasteiger partial charge in [-0.05, 0) is 29.7 Å². The predicted molar refractivity (Wildman–Crippen MR) is 91.8 cm³/mol. The van der Waals surface area contributed by atoms with Crippen molar-refractivity contribution in [2.24, 2.45) is 0 Å². The summed E-state index contributed by atoms with van der Waals surface area (Å²) in [7, 11) is 0. The standard InChI is InChI=1S/C21H14F4/c1-13-5-12-17(21(25)19(13)23)15-9-6-14(7-10-15)8-11-16-3-2-4-18(22)20(16)24/h2-12H,1H3. The zero-order valence-electron chi connectivity index (χ0n) is 13.4. The van der Waals surface area contributed by atoms with Gasteiger partial charge in [-0.3, -0.25) is 0 Å². The Morgan fingerprint density at radius 1 is 0.680 bits per heavy atom.